The van der Waals surface area contributed by atoms with E-state index in [1.807, 2.05) is 0 Å². The fourth-order valence-corrected chi connectivity index (χ4v) is 1.62. The van der Waals surface area contributed by atoms with Gasteiger partial charge >= 0.3 is 5.97 Å². The van der Waals surface area contributed by atoms with Crippen molar-refractivity contribution in [3.05, 3.63) is 35.4 Å². The van der Waals surface area contributed by atoms with E-state index in [0.717, 1.165) is 12.8 Å². The van der Waals surface area contributed by atoms with Crippen molar-refractivity contribution >= 4 is 41.4 Å². The standard InChI is InChI=1S/C14H19NO3.Na/c1-2-3-4-5-10-15-13(16)11-6-8-12(9-7-11)14(17)18;/h6-9H,2-5,10H2,1H3,(H,15,16)(H,17,18);. The zero-order valence-electron chi connectivity index (χ0n) is 11.6. The fourth-order valence-electron chi connectivity index (χ4n) is 1.62. The molecule has 99 valence electrons. The third-order valence-electron chi connectivity index (χ3n) is 2.71. The molecule has 0 aliphatic rings. The van der Waals surface area contributed by atoms with Gasteiger partial charge in [0.05, 0.1) is 5.56 Å². The van der Waals surface area contributed by atoms with Crippen LogP contribution < -0.4 is 5.32 Å². The van der Waals surface area contributed by atoms with E-state index in [0.29, 0.717) is 12.1 Å². The first-order valence-electron chi connectivity index (χ1n) is 6.26. The van der Waals surface area contributed by atoms with E-state index in [-0.39, 0.29) is 41.0 Å². The molecular formula is C14H19NNaO3. The van der Waals surface area contributed by atoms with E-state index in [1.165, 1.54) is 37.1 Å². The zero-order chi connectivity index (χ0) is 13.4. The molecule has 0 aliphatic heterocycles. The number of rotatable bonds is 7. The number of carboxylic acid groups (broad SMARTS) is 1. The summed E-state index contributed by atoms with van der Waals surface area (Å²) >= 11 is 0. The van der Waals surface area contributed by atoms with Crippen LogP contribution in [0.15, 0.2) is 24.3 Å². The molecule has 1 radical (unpaired) electrons. The van der Waals surface area contributed by atoms with E-state index in [9.17, 15) is 9.59 Å². The molecule has 2 N–H and O–H groups in total. The van der Waals surface area contributed by atoms with Crippen molar-refractivity contribution in [2.45, 2.75) is 32.6 Å². The number of hydrogen-bond acceptors (Lipinski definition) is 2. The first-order chi connectivity index (χ1) is 8.65. The number of amides is 1. The maximum Gasteiger partial charge on any atom is 0.335 e. The van der Waals surface area contributed by atoms with Gasteiger partial charge < -0.3 is 10.4 Å². The van der Waals surface area contributed by atoms with E-state index in [2.05, 4.69) is 12.2 Å². The van der Waals surface area contributed by atoms with Crippen LogP contribution >= 0.6 is 0 Å². The van der Waals surface area contributed by atoms with Crippen LogP contribution in [-0.2, 0) is 0 Å². The Hall–Kier alpha value is -0.840. The number of unbranched alkanes of at least 4 members (excludes halogenated alkanes) is 3. The molecule has 0 aromatic heterocycles. The van der Waals surface area contributed by atoms with Gasteiger partial charge in [-0.15, -0.1) is 0 Å². The summed E-state index contributed by atoms with van der Waals surface area (Å²) in [6.45, 7) is 2.81. The van der Waals surface area contributed by atoms with Gasteiger partial charge in [-0.3, -0.25) is 4.79 Å². The molecule has 0 spiro atoms. The molecule has 4 nitrogen and oxygen atoms in total. The van der Waals surface area contributed by atoms with E-state index >= 15 is 0 Å². The number of aromatic carboxylic acids is 1. The number of benzene rings is 1. The summed E-state index contributed by atoms with van der Waals surface area (Å²) < 4.78 is 0. The molecular weight excluding hydrogens is 253 g/mol. The summed E-state index contributed by atoms with van der Waals surface area (Å²) in [5.74, 6) is -1.13. The van der Waals surface area contributed by atoms with Crippen molar-refractivity contribution in [2.75, 3.05) is 6.54 Å². The largest absolute Gasteiger partial charge is 0.478 e. The molecule has 0 fully saturated rings. The number of carbonyl (C=O) groups excluding carboxylic acids is 1. The van der Waals surface area contributed by atoms with Crippen molar-refractivity contribution in [1.29, 1.82) is 0 Å². The van der Waals surface area contributed by atoms with Crippen LogP contribution in [0.5, 0.6) is 0 Å². The third-order valence-corrected chi connectivity index (χ3v) is 2.71. The Labute approximate surface area is 135 Å². The molecule has 5 heteroatoms. The summed E-state index contributed by atoms with van der Waals surface area (Å²) in [5.41, 5.74) is 0.685. The van der Waals surface area contributed by atoms with E-state index < -0.39 is 5.97 Å². The van der Waals surface area contributed by atoms with Gasteiger partial charge in [0.15, 0.2) is 0 Å². The van der Waals surface area contributed by atoms with Gasteiger partial charge in [-0.05, 0) is 30.7 Å². The van der Waals surface area contributed by atoms with Crippen molar-refractivity contribution in [1.82, 2.24) is 5.32 Å². The van der Waals surface area contributed by atoms with Gasteiger partial charge in [-0.25, -0.2) is 4.79 Å². The normalized spacial score (nSPS) is 9.53. The number of carboxylic acids is 1. The van der Waals surface area contributed by atoms with Crippen molar-refractivity contribution in [2.24, 2.45) is 0 Å². The van der Waals surface area contributed by atoms with E-state index in [1.54, 1.807) is 0 Å². The molecule has 1 amide bonds. The Kier molecular flexibility index (Phi) is 9.57. The summed E-state index contributed by atoms with van der Waals surface area (Å²) in [6, 6.07) is 5.94. The molecule has 1 rings (SSSR count). The molecule has 0 aliphatic carbocycles. The van der Waals surface area contributed by atoms with Crippen LogP contribution in [-0.4, -0.2) is 53.1 Å². The number of carbonyl (C=O) groups is 2. The molecule has 1 aromatic rings. The monoisotopic (exact) mass is 272 g/mol. The van der Waals surface area contributed by atoms with Crippen LogP contribution in [0, 0.1) is 0 Å². The van der Waals surface area contributed by atoms with E-state index in [4.69, 9.17) is 5.11 Å². The topological polar surface area (TPSA) is 66.4 Å². The maximum atomic E-state index is 11.7. The minimum absolute atomic E-state index is 0. The first kappa shape index (κ1) is 18.2. The summed E-state index contributed by atoms with van der Waals surface area (Å²) in [5, 5.41) is 11.6. The third kappa shape index (κ3) is 6.76. The quantitative estimate of drug-likeness (QED) is 0.591. The predicted molar refractivity (Wildman–Crippen MR) is 75.6 cm³/mol. The van der Waals surface area contributed by atoms with Gasteiger partial charge in [0.25, 0.3) is 5.91 Å². The molecule has 0 saturated heterocycles. The second kappa shape index (κ2) is 10.0. The second-order valence-electron chi connectivity index (χ2n) is 4.20. The Morgan fingerprint density at radius 3 is 2.16 bits per heavy atom. The number of nitrogens with one attached hydrogen (secondary N) is 1. The van der Waals surface area contributed by atoms with Crippen LogP contribution in [0.2, 0.25) is 0 Å². The minimum atomic E-state index is -0.985. The molecule has 0 bridgehead atoms. The Morgan fingerprint density at radius 1 is 1.05 bits per heavy atom. The smallest absolute Gasteiger partial charge is 0.335 e. The van der Waals surface area contributed by atoms with Crippen LogP contribution in [0.1, 0.15) is 53.3 Å². The maximum absolute atomic E-state index is 11.7. The zero-order valence-corrected chi connectivity index (χ0v) is 13.6. The van der Waals surface area contributed by atoms with Crippen molar-refractivity contribution < 1.29 is 14.7 Å². The average molecular weight is 272 g/mol. The summed E-state index contributed by atoms with van der Waals surface area (Å²) in [6.07, 6.45) is 4.45. The Balaban J connectivity index is 0.00000324. The minimum Gasteiger partial charge on any atom is -0.478 e. The molecule has 0 saturated carbocycles. The average Bonchev–Trinajstić information content (AvgIpc) is 2.38. The van der Waals surface area contributed by atoms with Crippen molar-refractivity contribution in [3.8, 4) is 0 Å². The number of hydrogen-bond donors (Lipinski definition) is 2. The first-order valence-corrected chi connectivity index (χ1v) is 6.26. The molecule has 1 aromatic carbocycles. The van der Waals surface area contributed by atoms with Gasteiger partial charge in [0, 0.05) is 41.7 Å². The second-order valence-corrected chi connectivity index (χ2v) is 4.20. The van der Waals surface area contributed by atoms with Gasteiger partial charge in [-0.1, -0.05) is 26.2 Å². The van der Waals surface area contributed by atoms with Crippen molar-refractivity contribution in [3.63, 3.8) is 0 Å². The Bertz CT molecular complexity index is 404. The van der Waals surface area contributed by atoms with Crippen LogP contribution in [0.25, 0.3) is 0 Å². The molecule has 0 atom stereocenters. The Morgan fingerprint density at radius 2 is 1.63 bits per heavy atom. The van der Waals surface area contributed by atoms with Gasteiger partial charge in [-0.2, -0.15) is 0 Å². The van der Waals surface area contributed by atoms with Crippen LogP contribution in [0.4, 0.5) is 0 Å². The van der Waals surface area contributed by atoms with Gasteiger partial charge in [0.1, 0.15) is 0 Å². The summed E-state index contributed by atoms with van der Waals surface area (Å²) in [7, 11) is 0. The fraction of sp³-hybridized carbons (Fsp3) is 0.429. The molecule has 0 heterocycles. The molecule has 0 unspecified atom stereocenters. The predicted octanol–water partition coefficient (Wildman–Crippen LogP) is 2.31. The summed E-state index contributed by atoms with van der Waals surface area (Å²) in [4.78, 5) is 22.4. The van der Waals surface area contributed by atoms with Gasteiger partial charge in [0.2, 0.25) is 0 Å². The van der Waals surface area contributed by atoms with Crippen LogP contribution in [0.3, 0.4) is 0 Å². The molecule has 19 heavy (non-hydrogen) atoms. The SMILES string of the molecule is CCCCCCNC(=O)c1ccc(C(=O)O)cc1.[Na].